The van der Waals surface area contributed by atoms with Crippen molar-refractivity contribution < 1.29 is 14.6 Å². The molecular formula is C20H41IN4O3. The highest BCUT2D eigenvalue weighted by atomic mass is 127. The molecule has 0 saturated carbocycles. The maximum absolute atomic E-state index is 11.9. The quantitative estimate of drug-likeness (QED) is 0.212. The number of carbonyl (C=O) groups excluding carboxylic acids is 1. The molecule has 2 atom stereocenters. The summed E-state index contributed by atoms with van der Waals surface area (Å²) in [6, 6.07) is 0. The zero-order valence-corrected chi connectivity index (χ0v) is 20.5. The molecule has 1 aliphatic heterocycles. The van der Waals surface area contributed by atoms with E-state index in [2.05, 4.69) is 29.5 Å². The molecule has 3 N–H and O–H groups in total. The van der Waals surface area contributed by atoms with Crippen LogP contribution in [0.2, 0.25) is 0 Å². The minimum Gasteiger partial charge on any atom is -0.396 e. The molecule has 1 saturated heterocycles. The van der Waals surface area contributed by atoms with Crippen LogP contribution in [0.1, 0.15) is 52.4 Å². The fourth-order valence-corrected chi connectivity index (χ4v) is 3.23. The Balaban J connectivity index is 0.00000729. The molecule has 1 fully saturated rings. The van der Waals surface area contributed by atoms with Crippen molar-refractivity contribution in [3.05, 3.63) is 0 Å². The number of hydrogen-bond donors (Lipinski definition) is 3. The van der Waals surface area contributed by atoms with Gasteiger partial charge in [-0.3, -0.25) is 4.79 Å². The van der Waals surface area contributed by atoms with E-state index in [1.807, 2.05) is 0 Å². The topological polar surface area (TPSA) is 86.2 Å². The summed E-state index contributed by atoms with van der Waals surface area (Å²) >= 11 is 0. The van der Waals surface area contributed by atoms with E-state index in [1.54, 1.807) is 19.0 Å². The Labute approximate surface area is 188 Å². The second-order valence-corrected chi connectivity index (χ2v) is 7.88. The molecule has 1 heterocycles. The van der Waals surface area contributed by atoms with Gasteiger partial charge in [0, 0.05) is 45.8 Å². The molecule has 8 heteroatoms. The molecule has 0 aromatic rings. The highest BCUT2D eigenvalue weighted by Crippen LogP contribution is 2.31. The van der Waals surface area contributed by atoms with E-state index in [0.717, 1.165) is 26.0 Å². The predicted molar refractivity (Wildman–Crippen MR) is 125 cm³/mol. The molecule has 0 aromatic carbocycles. The van der Waals surface area contributed by atoms with Crippen molar-refractivity contribution in [1.82, 2.24) is 15.5 Å². The summed E-state index contributed by atoms with van der Waals surface area (Å²) in [5.74, 6) is 1.25. The number of nitrogens with one attached hydrogen (secondary N) is 2. The molecule has 1 aliphatic rings. The number of unbranched alkanes of at least 4 members (excludes halogenated alkanes) is 1. The van der Waals surface area contributed by atoms with Crippen molar-refractivity contribution in [2.45, 2.75) is 52.4 Å². The number of aliphatic hydroxyl groups excluding tert-OH is 1. The standard InChI is InChI=1S/C20H40N4O3.HI/c1-5-7-8-17(6-2)13-21-19(22-14-18(26)24(3)4)23-15-20(9-11-25)10-12-27-16-20;/h17,25H,5-16H2,1-4H3,(H2,21,22,23);1H. The second kappa shape index (κ2) is 15.3. The Bertz CT molecular complexity index is 455. The SMILES string of the molecule is CCCCC(CC)CNC(=NCC(=O)N(C)C)NCC1(CCO)CCOC1.I. The van der Waals surface area contributed by atoms with Gasteiger partial charge in [0.1, 0.15) is 6.54 Å². The van der Waals surface area contributed by atoms with Crippen LogP contribution >= 0.6 is 24.0 Å². The van der Waals surface area contributed by atoms with Crippen molar-refractivity contribution >= 4 is 35.8 Å². The van der Waals surface area contributed by atoms with E-state index in [1.165, 1.54) is 19.3 Å². The third kappa shape index (κ3) is 10.2. The van der Waals surface area contributed by atoms with Crippen LogP contribution in [0, 0.1) is 11.3 Å². The van der Waals surface area contributed by atoms with Crippen molar-refractivity contribution in [2.75, 3.05) is 53.6 Å². The monoisotopic (exact) mass is 512 g/mol. The molecule has 1 rings (SSSR count). The summed E-state index contributed by atoms with van der Waals surface area (Å²) in [7, 11) is 3.48. The van der Waals surface area contributed by atoms with Gasteiger partial charge in [0.05, 0.1) is 6.61 Å². The van der Waals surface area contributed by atoms with E-state index < -0.39 is 0 Å². The summed E-state index contributed by atoms with van der Waals surface area (Å²) in [6.07, 6.45) is 6.40. The van der Waals surface area contributed by atoms with Gasteiger partial charge in [0.2, 0.25) is 5.91 Å². The number of aliphatic imine (C=N–C) groups is 1. The molecule has 2 unspecified atom stereocenters. The lowest BCUT2D eigenvalue weighted by Gasteiger charge is -2.28. The van der Waals surface area contributed by atoms with Gasteiger partial charge in [0.25, 0.3) is 0 Å². The number of ether oxygens (including phenoxy) is 1. The van der Waals surface area contributed by atoms with Crippen molar-refractivity contribution in [3.63, 3.8) is 0 Å². The Kier molecular flexibility index (Phi) is 14.9. The Hall–Kier alpha value is -0.610. The third-order valence-corrected chi connectivity index (χ3v) is 5.43. The molecule has 0 aliphatic carbocycles. The van der Waals surface area contributed by atoms with Crippen LogP contribution < -0.4 is 10.6 Å². The minimum absolute atomic E-state index is 0. The number of aliphatic hydroxyl groups is 1. The number of nitrogens with zero attached hydrogens (tertiary/aromatic N) is 2. The Morgan fingerprint density at radius 1 is 1.32 bits per heavy atom. The highest BCUT2D eigenvalue weighted by Gasteiger charge is 2.34. The Morgan fingerprint density at radius 2 is 2.07 bits per heavy atom. The molecular weight excluding hydrogens is 471 g/mol. The average molecular weight is 512 g/mol. The van der Waals surface area contributed by atoms with Gasteiger partial charge < -0.3 is 25.4 Å². The fourth-order valence-electron chi connectivity index (χ4n) is 3.23. The fraction of sp³-hybridized carbons (Fsp3) is 0.900. The van der Waals surface area contributed by atoms with Crippen molar-refractivity contribution in [1.29, 1.82) is 0 Å². The van der Waals surface area contributed by atoms with Crippen LogP contribution in [-0.2, 0) is 9.53 Å². The summed E-state index contributed by atoms with van der Waals surface area (Å²) in [5, 5.41) is 16.2. The van der Waals surface area contributed by atoms with Crippen LogP contribution in [0.25, 0.3) is 0 Å². The van der Waals surface area contributed by atoms with E-state index in [-0.39, 0.29) is 48.5 Å². The molecule has 166 valence electrons. The molecule has 1 amide bonds. The summed E-state index contributed by atoms with van der Waals surface area (Å²) in [4.78, 5) is 18.0. The first-order valence-electron chi connectivity index (χ1n) is 10.4. The molecule has 0 spiro atoms. The summed E-state index contributed by atoms with van der Waals surface area (Å²) in [6.45, 7) is 7.62. The van der Waals surface area contributed by atoms with Gasteiger partial charge in [-0.2, -0.15) is 0 Å². The maximum Gasteiger partial charge on any atom is 0.243 e. The first-order chi connectivity index (χ1) is 13.0. The van der Waals surface area contributed by atoms with Crippen molar-refractivity contribution in [2.24, 2.45) is 16.3 Å². The number of carbonyl (C=O) groups is 1. The van der Waals surface area contributed by atoms with Crippen LogP contribution in [0.15, 0.2) is 4.99 Å². The lowest BCUT2D eigenvalue weighted by Crippen LogP contribution is -2.46. The average Bonchev–Trinajstić information content (AvgIpc) is 3.12. The summed E-state index contributed by atoms with van der Waals surface area (Å²) < 4.78 is 5.56. The van der Waals surface area contributed by atoms with E-state index in [9.17, 15) is 9.90 Å². The molecule has 0 aromatic heterocycles. The smallest absolute Gasteiger partial charge is 0.243 e. The van der Waals surface area contributed by atoms with Gasteiger partial charge in [0.15, 0.2) is 5.96 Å². The van der Waals surface area contributed by atoms with Crippen LogP contribution in [0.3, 0.4) is 0 Å². The maximum atomic E-state index is 11.9. The molecule has 7 nitrogen and oxygen atoms in total. The van der Waals surface area contributed by atoms with Crippen molar-refractivity contribution in [3.8, 4) is 0 Å². The van der Waals surface area contributed by atoms with Gasteiger partial charge in [-0.1, -0.05) is 33.1 Å². The highest BCUT2D eigenvalue weighted by molar-refractivity contribution is 14.0. The summed E-state index contributed by atoms with van der Waals surface area (Å²) in [5.41, 5.74) is -0.0604. The van der Waals surface area contributed by atoms with Gasteiger partial charge >= 0.3 is 0 Å². The van der Waals surface area contributed by atoms with Gasteiger partial charge in [-0.15, -0.1) is 24.0 Å². The lowest BCUT2D eigenvalue weighted by molar-refractivity contribution is -0.127. The lowest BCUT2D eigenvalue weighted by atomic mass is 9.84. The van der Waals surface area contributed by atoms with E-state index in [0.29, 0.717) is 31.4 Å². The van der Waals surface area contributed by atoms with E-state index >= 15 is 0 Å². The predicted octanol–water partition coefficient (Wildman–Crippen LogP) is 2.23. The first-order valence-corrected chi connectivity index (χ1v) is 10.4. The zero-order chi connectivity index (χ0) is 20.1. The number of amides is 1. The van der Waals surface area contributed by atoms with Crippen LogP contribution in [0.4, 0.5) is 0 Å². The zero-order valence-electron chi connectivity index (χ0n) is 18.1. The third-order valence-electron chi connectivity index (χ3n) is 5.43. The van der Waals surface area contributed by atoms with Gasteiger partial charge in [-0.25, -0.2) is 4.99 Å². The second-order valence-electron chi connectivity index (χ2n) is 7.88. The Morgan fingerprint density at radius 3 is 2.61 bits per heavy atom. The minimum atomic E-state index is -0.0604. The molecule has 0 radical (unpaired) electrons. The number of likely N-dealkylation sites (N-methyl/N-ethyl adjacent to an activating group) is 1. The molecule has 28 heavy (non-hydrogen) atoms. The number of rotatable bonds is 12. The largest absolute Gasteiger partial charge is 0.396 e. The first kappa shape index (κ1) is 27.4. The van der Waals surface area contributed by atoms with E-state index in [4.69, 9.17) is 4.74 Å². The number of hydrogen-bond acceptors (Lipinski definition) is 4. The normalized spacial score (nSPS) is 20.4. The molecule has 0 bridgehead atoms. The van der Waals surface area contributed by atoms with Gasteiger partial charge in [-0.05, 0) is 25.2 Å². The van der Waals surface area contributed by atoms with Crippen LogP contribution in [-0.4, -0.2) is 75.4 Å². The van der Waals surface area contributed by atoms with Crippen LogP contribution in [0.5, 0.6) is 0 Å². The number of guanidine groups is 1. The number of halogens is 1.